The largest absolute Gasteiger partial charge is 0.497 e. The third kappa shape index (κ3) is 2.28. The number of hydrazine groups is 1. The van der Waals surface area contributed by atoms with Crippen molar-refractivity contribution in [1.82, 2.24) is 5.43 Å². The Kier molecular flexibility index (Phi) is 3.78. The van der Waals surface area contributed by atoms with E-state index in [0.29, 0.717) is 16.3 Å². The van der Waals surface area contributed by atoms with Gasteiger partial charge in [0.25, 0.3) is 0 Å². The second-order valence-electron chi connectivity index (χ2n) is 3.94. The van der Waals surface area contributed by atoms with E-state index >= 15 is 0 Å². The number of benzene rings is 1. The number of methoxy groups -OCH3 is 1. The Morgan fingerprint density at radius 2 is 2.12 bits per heavy atom. The number of carbonyl (C=O) groups excluding carboxylic acids is 1. The first-order chi connectivity index (χ1) is 7.43. The van der Waals surface area contributed by atoms with Crippen molar-refractivity contribution in [2.24, 2.45) is 5.84 Å². The van der Waals surface area contributed by atoms with Crippen LogP contribution in [0.15, 0.2) is 18.2 Å². The normalized spacial score (nSPS) is 11.1. The van der Waals surface area contributed by atoms with Crippen LogP contribution >= 0.6 is 11.6 Å². The molecule has 0 aromatic heterocycles. The van der Waals surface area contributed by atoms with Crippen molar-refractivity contribution < 1.29 is 9.53 Å². The highest BCUT2D eigenvalue weighted by molar-refractivity contribution is 6.32. The van der Waals surface area contributed by atoms with Gasteiger partial charge in [0.15, 0.2) is 0 Å². The lowest BCUT2D eigenvalue weighted by atomic mass is 9.84. The maximum absolute atomic E-state index is 11.6. The van der Waals surface area contributed by atoms with E-state index in [9.17, 15) is 4.79 Å². The first-order valence-corrected chi connectivity index (χ1v) is 5.16. The van der Waals surface area contributed by atoms with Crippen LogP contribution in [-0.4, -0.2) is 13.0 Å². The van der Waals surface area contributed by atoms with Gasteiger partial charge >= 0.3 is 0 Å². The van der Waals surface area contributed by atoms with Gasteiger partial charge in [0.05, 0.1) is 12.5 Å². The maximum atomic E-state index is 11.6. The highest BCUT2D eigenvalue weighted by atomic mass is 35.5. The van der Waals surface area contributed by atoms with Crippen molar-refractivity contribution in [3.63, 3.8) is 0 Å². The second kappa shape index (κ2) is 4.72. The molecule has 1 amide bonds. The van der Waals surface area contributed by atoms with Gasteiger partial charge in [0.1, 0.15) is 5.75 Å². The molecule has 1 aromatic rings. The summed E-state index contributed by atoms with van der Waals surface area (Å²) in [5.74, 6) is 5.49. The Labute approximate surface area is 99.7 Å². The molecule has 0 heterocycles. The number of hydrogen-bond donors (Lipinski definition) is 2. The van der Waals surface area contributed by atoms with E-state index in [1.807, 2.05) is 0 Å². The molecule has 0 atom stereocenters. The Balaban J connectivity index is 3.18. The summed E-state index contributed by atoms with van der Waals surface area (Å²) >= 11 is 6.09. The lowest BCUT2D eigenvalue weighted by Crippen LogP contribution is -2.43. The summed E-state index contributed by atoms with van der Waals surface area (Å²) in [6, 6.07) is 5.19. The molecular weight excluding hydrogens is 228 g/mol. The number of amides is 1. The zero-order valence-corrected chi connectivity index (χ0v) is 10.3. The molecule has 1 aromatic carbocycles. The van der Waals surface area contributed by atoms with E-state index in [-0.39, 0.29) is 5.91 Å². The third-order valence-electron chi connectivity index (χ3n) is 2.55. The molecule has 1 rings (SSSR count). The molecule has 0 saturated carbocycles. The van der Waals surface area contributed by atoms with Crippen molar-refractivity contribution in [2.75, 3.05) is 7.11 Å². The van der Waals surface area contributed by atoms with Gasteiger partial charge in [-0.2, -0.15) is 0 Å². The van der Waals surface area contributed by atoms with Gasteiger partial charge in [-0.1, -0.05) is 17.7 Å². The van der Waals surface area contributed by atoms with Gasteiger partial charge in [-0.15, -0.1) is 0 Å². The lowest BCUT2D eigenvalue weighted by molar-refractivity contribution is -0.125. The number of nitrogens with one attached hydrogen (secondary N) is 1. The minimum atomic E-state index is -0.780. The van der Waals surface area contributed by atoms with E-state index in [2.05, 4.69) is 5.43 Å². The number of ether oxygens (including phenoxy) is 1. The molecule has 3 N–H and O–H groups in total. The summed E-state index contributed by atoms with van der Waals surface area (Å²) in [5.41, 5.74) is 2.06. The van der Waals surface area contributed by atoms with Crippen molar-refractivity contribution >= 4 is 17.5 Å². The summed E-state index contributed by atoms with van der Waals surface area (Å²) in [7, 11) is 1.56. The topological polar surface area (TPSA) is 64.3 Å². The first kappa shape index (κ1) is 12.8. The van der Waals surface area contributed by atoms with E-state index in [0.717, 1.165) is 0 Å². The highest BCUT2D eigenvalue weighted by Crippen LogP contribution is 2.32. The Hall–Kier alpha value is -1.26. The second-order valence-corrected chi connectivity index (χ2v) is 4.35. The summed E-state index contributed by atoms with van der Waals surface area (Å²) < 4.78 is 5.04. The van der Waals surface area contributed by atoms with Crippen LogP contribution in [0.5, 0.6) is 5.75 Å². The van der Waals surface area contributed by atoms with E-state index in [1.54, 1.807) is 39.2 Å². The molecule has 16 heavy (non-hydrogen) atoms. The molecule has 0 radical (unpaired) electrons. The van der Waals surface area contributed by atoms with Gasteiger partial charge in [-0.05, 0) is 31.5 Å². The maximum Gasteiger partial charge on any atom is 0.244 e. The number of halogens is 1. The summed E-state index contributed by atoms with van der Waals surface area (Å²) in [5, 5.41) is 0.480. The molecule has 0 spiro atoms. The zero-order chi connectivity index (χ0) is 12.3. The zero-order valence-electron chi connectivity index (χ0n) is 9.50. The fourth-order valence-electron chi connectivity index (χ4n) is 1.43. The van der Waals surface area contributed by atoms with Crippen molar-refractivity contribution in [3.05, 3.63) is 28.8 Å². The van der Waals surface area contributed by atoms with Gasteiger partial charge in [0, 0.05) is 5.02 Å². The van der Waals surface area contributed by atoms with Gasteiger partial charge < -0.3 is 4.74 Å². The van der Waals surface area contributed by atoms with Crippen molar-refractivity contribution in [1.29, 1.82) is 0 Å². The molecule has 0 saturated heterocycles. The SMILES string of the molecule is COc1ccc(C(C)(C)C(=O)NN)c(Cl)c1. The lowest BCUT2D eigenvalue weighted by Gasteiger charge is -2.24. The van der Waals surface area contributed by atoms with E-state index in [1.165, 1.54) is 0 Å². The number of rotatable bonds is 3. The van der Waals surface area contributed by atoms with E-state index in [4.69, 9.17) is 22.2 Å². The summed E-state index contributed by atoms with van der Waals surface area (Å²) in [6.45, 7) is 3.51. The van der Waals surface area contributed by atoms with Crippen LogP contribution < -0.4 is 16.0 Å². The van der Waals surface area contributed by atoms with Crippen molar-refractivity contribution in [3.8, 4) is 5.75 Å². The van der Waals surface area contributed by atoms with Gasteiger partial charge in [0.2, 0.25) is 5.91 Å². The first-order valence-electron chi connectivity index (χ1n) is 4.78. The fraction of sp³-hybridized carbons (Fsp3) is 0.364. The minimum Gasteiger partial charge on any atom is -0.497 e. The Morgan fingerprint density at radius 3 is 2.56 bits per heavy atom. The number of hydrogen-bond acceptors (Lipinski definition) is 3. The Morgan fingerprint density at radius 1 is 1.50 bits per heavy atom. The van der Waals surface area contributed by atoms with Crippen molar-refractivity contribution in [2.45, 2.75) is 19.3 Å². The van der Waals surface area contributed by atoms with Crippen LogP contribution in [0, 0.1) is 0 Å². The van der Waals surface area contributed by atoms with Crippen LogP contribution in [0.4, 0.5) is 0 Å². The van der Waals surface area contributed by atoms with Crippen LogP contribution in [-0.2, 0) is 10.2 Å². The monoisotopic (exact) mass is 242 g/mol. The van der Waals surface area contributed by atoms with Crippen LogP contribution in [0.3, 0.4) is 0 Å². The minimum absolute atomic E-state index is 0.292. The molecule has 0 unspecified atom stereocenters. The molecule has 4 nitrogen and oxygen atoms in total. The quantitative estimate of drug-likeness (QED) is 0.481. The highest BCUT2D eigenvalue weighted by Gasteiger charge is 2.31. The van der Waals surface area contributed by atoms with Gasteiger partial charge in [-0.3, -0.25) is 10.2 Å². The summed E-state index contributed by atoms with van der Waals surface area (Å²) in [4.78, 5) is 11.6. The predicted octanol–water partition coefficient (Wildman–Crippen LogP) is 1.62. The van der Waals surface area contributed by atoms with E-state index < -0.39 is 5.41 Å². The average molecular weight is 243 g/mol. The fourth-order valence-corrected chi connectivity index (χ4v) is 1.84. The smallest absolute Gasteiger partial charge is 0.244 e. The number of carbonyl (C=O) groups is 1. The Bertz CT molecular complexity index is 405. The molecule has 0 aliphatic rings. The average Bonchev–Trinajstić information content (AvgIpc) is 2.27. The molecule has 5 heteroatoms. The molecule has 0 fully saturated rings. The van der Waals surface area contributed by atoms with Crippen LogP contribution in [0.1, 0.15) is 19.4 Å². The van der Waals surface area contributed by atoms with Crippen LogP contribution in [0.25, 0.3) is 0 Å². The van der Waals surface area contributed by atoms with Crippen LogP contribution in [0.2, 0.25) is 5.02 Å². The molecule has 0 bridgehead atoms. The third-order valence-corrected chi connectivity index (χ3v) is 2.86. The number of nitrogens with two attached hydrogens (primary N) is 1. The summed E-state index contributed by atoms with van der Waals surface area (Å²) in [6.07, 6.45) is 0. The van der Waals surface area contributed by atoms with Gasteiger partial charge in [-0.25, -0.2) is 5.84 Å². The predicted molar refractivity (Wildman–Crippen MR) is 63.4 cm³/mol. The standard InChI is InChI=1S/C11H15ClN2O2/c1-11(2,10(15)14-13)8-5-4-7(16-3)6-9(8)12/h4-6H,13H2,1-3H3,(H,14,15). The molecule has 0 aliphatic carbocycles. The molecule has 88 valence electrons. The molecular formula is C11H15ClN2O2. The molecule has 0 aliphatic heterocycles.